The van der Waals surface area contributed by atoms with Crippen molar-refractivity contribution in [2.45, 2.75) is 29.4 Å². The van der Waals surface area contributed by atoms with Gasteiger partial charge in [0.05, 0.1) is 6.04 Å². The summed E-state index contributed by atoms with van der Waals surface area (Å²) < 4.78 is 12.1. The van der Waals surface area contributed by atoms with Crippen LogP contribution in [0, 0.1) is 5.92 Å². The van der Waals surface area contributed by atoms with Gasteiger partial charge in [-0.2, -0.15) is 0 Å². The number of hydrogen-bond acceptors (Lipinski definition) is 2. The Balaban J connectivity index is 1.69. The first kappa shape index (κ1) is 11.4. The van der Waals surface area contributed by atoms with Gasteiger partial charge in [0.25, 0.3) is 0 Å². The van der Waals surface area contributed by atoms with E-state index in [4.69, 9.17) is 23.2 Å². The van der Waals surface area contributed by atoms with Crippen molar-refractivity contribution >= 4 is 29.1 Å². The van der Waals surface area contributed by atoms with Gasteiger partial charge in [0, 0.05) is 25.4 Å². The average Bonchev–Trinajstić information content (AvgIpc) is 2.59. The molecule has 2 rings (SSSR count). The Bertz CT molecular complexity index is 275. The summed E-state index contributed by atoms with van der Waals surface area (Å²) in [6.45, 7) is 0.734. The zero-order valence-corrected chi connectivity index (χ0v) is 9.61. The molecule has 0 aromatic carbocycles. The van der Waals surface area contributed by atoms with E-state index >= 15 is 0 Å². The molecule has 86 valence electrons. The topological polar surface area (TPSA) is 41.1 Å². The Labute approximate surface area is 97.7 Å². The van der Waals surface area contributed by atoms with Crippen LogP contribution in [0.4, 0.5) is 4.39 Å². The van der Waals surface area contributed by atoms with Crippen LogP contribution in [0.25, 0.3) is 0 Å². The number of hydrogen-bond donors (Lipinski definition) is 2. The summed E-state index contributed by atoms with van der Waals surface area (Å²) in [5, 5.41) is 5.54. The number of alkyl halides is 3. The quantitative estimate of drug-likeness (QED) is 0.738. The van der Waals surface area contributed by atoms with E-state index in [1.165, 1.54) is 0 Å². The number of carbonyl (C=O) groups is 1. The van der Waals surface area contributed by atoms with E-state index in [1.54, 1.807) is 0 Å². The Morgan fingerprint density at radius 2 is 2.27 bits per heavy atom. The molecular weight excluding hydrogens is 242 g/mol. The van der Waals surface area contributed by atoms with Crippen LogP contribution < -0.4 is 10.6 Å². The molecule has 15 heavy (non-hydrogen) atoms. The van der Waals surface area contributed by atoms with Gasteiger partial charge in [0.1, 0.15) is 10.5 Å². The molecule has 0 bridgehead atoms. The lowest BCUT2D eigenvalue weighted by Gasteiger charge is -2.10. The van der Waals surface area contributed by atoms with E-state index in [0.29, 0.717) is 13.0 Å². The largest absolute Gasteiger partial charge is 0.354 e. The fraction of sp³-hybridized carbons (Fsp3) is 0.889. The molecule has 1 amide bonds. The summed E-state index contributed by atoms with van der Waals surface area (Å²) in [5.41, 5.74) is 0. The molecule has 0 aromatic heterocycles. The van der Waals surface area contributed by atoms with Crippen molar-refractivity contribution in [3.05, 3.63) is 0 Å². The third-order valence-corrected chi connectivity index (χ3v) is 3.80. The van der Waals surface area contributed by atoms with Gasteiger partial charge in [-0.3, -0.25) is 4.79 Å². The first-order chi connectivity index (χ1) is 6.99. The molecule has 3 unspecified atom stereocenters. The van der Waals surface area contributed by atoms with Gasteiger partial charge in [-0.15, -0.1) is 23.2 Å². The average molecular weight is 255 g/mol. The van der Waals surface area contributed by atoms with E-state index < -0.39 is 16.5 Å². The molecular formula is C9H13Cl2FN2O. The molecule has 2 fully saturated rings. The van der Waals surface area contributed by atoms with Crippen molar-refractivity contribution in [3.8, 4) is 0 Å². The molecule has 1 heterocycles. The summed E-state index contributed by atoms with van der Waals surface area (Å²) in [6.07, 6.45) is 0.0469. The van der Waals surface area contributed by atoms with Crippen molar-refractivity contribution in [2.75, 3.05) is 13.1 Å². The van der Waals surface area contributed by atoms with Gasteiger partial charge in [0.2, 0.25) is 5.91 Å². The highest BCUT2D eigenvalue weighted by Crippen LogP contribution is 2.52. The third kappa shape index (κ3) is 2.74. The molecule has 1 aliphatic heterocycles. The summed E-state index contributed by atoms with van der Waals surface area (Å²) in [6, 6.07) is -0.404. The fourth-order valence-corrected chi connectivity index (χ4v) is 2.26. The molecule has 2 N–H and O–H groups in total. The predicted octanol–water partition coefficient (Wildman–Crippen LogP) is 0.996. The van der Waals surface area contributed by atoms with Crippen LogP contribution in [-0.4, -0.2) is 35.5 Å². The summed E-state index contributed by atoms with van der Waals surface area (Å²) in [5.74, 6) is -0.0291. The van der Waals surface area contributed by atoms with E-state index in [0.717, 1.165) is 0 Å². The lowest BCUT2D eigenvalue weighted by atomic mass is 10.2. The number of amides is 1. The minimum atomic E-state index is -0.915. The molecule has 1 saturated heterocycles. The summed E-state index contributed by atoms with van der Waals surface area (Å²) in [7, 11) is 0. The van der Waals surface area contributed by atoms with Gasteiger partial charge >= 0.3 is 0 Å². The maximum atomic E-state index is 12.8. The third-order valence-electron chi connectivity index (χ3n) is 2.87. The van der Waals surface area contributed by atoms with Gasteiger partial charge < -0.3 is 10.6 Å². The van der Waals surface area contributed by atoms with Crippen LogP contribution in [0.3, 0.4) is 0 Å². The van der Waals surface area contributed by atoms with Gasteiger partial charge in [-0.25, -0.2) is 4.39 Å². The molecule has 1 aliphatic carbocycles. The van der Waals surface area contributed by atoms with Crippen LogP contribution in [0.15, 0.2) is 0 Å². The zero-order chi connectivity index (χ0) is 11.1. The monoisotopic (exact) mass is 254 g/mol. The minimum Gasteiger partial charge on any atom is -0.354 e. The van der Waals surface area contributed by atoms with Crippen LogP contribution in [0.5, 0.6) is 0 Å². The highest BCUT2D eigenvalue weighted by Gasteiger charge is 2.51. The second kappa shape index (κ2) is 4.07. The summed E-state index contributed by atoms with van der Waals surface area (Å²) >= 11 is 11.6. The molecule has 0 spiro atoms. The minimum absolute atomic E-state index is 0.132. The van der Waals surface area contributed by atoms with E-state index in [1.807, 2.05) is 0 Å². The normalized spacial score (nSPS) is 37.7. The smallest absolute Gasteiger partial charge is 0.237 e. The molecule has 6 heteroatoms. The predicted molar refractivity (Wildman–Crippen MR) is 56.9 cm³/mol. The number of nitrogens with one attached hydrogen (secondary N) is 2. The lowest BCUT2D eigenvalue weighted by Crippen LogP contribution is -2.41. The van der Waals surface area contributed by atoms with Crippen molar-refractivity contribution in [1.29, 1.82) is 0 Å². The Kier molecular flexibility index (Phi) is 3.10. The first-order valence-corrected chi connectivity index (χ1v) is 5.77. The summed E-state index contributed by atoms with van der Waals surface area (Å²) in [4.78, 5) is 11.5. The fourth-order valence-electron chi connectivity index (χ4n) is 1.73. The number of rotatable bonds is 3. The van der Waals surface area contributed by atoms with Gasteiger partial charge in [0.15, 0.2) is 0 Å². The molecule has 2 aliphatic rings. The van der Waals surface area contributed by atoms with Crippen LogP contribution in [-0.2, 0) is 4.79 Å². The lowest BCUT2D eigenvalue weighted by molar-refractivity contribution is -0.122. The van der Waals surface area contributed by atoms with Crippen molar-refractivity contribution in [1.82, 2.24) is 10.6 Å². The molecule has 3 atom stereocenters. The van der Waals surface area contributed by atoms with Crippen molar-refractivity contribution in [2.24, 2.45) is 5.92 Å². The standard InChI is InChI=1S/C9H13Cl2FN2O/c10-9(11)2-5(9)3-14-8(15)7-1-6(12)4-13-7/h5-7,13H,1-4H2,(H,14,15). The Morgan fingerprint density at radius 3 is 2.73 bits per heavy atom. The molecule has 0 aromatic rings. The van der Waals surface area contributed by atoms with E-state index in [2.05, 4.69) is 10.6 Å². The Morgan fingerprint density at radius 1 is 1.60 bits per heavy atom. The van der Waals surface area contributed by atoms with Crippen LogP contribution >= 0.6 is 23.2 Å². The van der Waals surface area contributed by atoms with E-state index in [-0.39, 0.29) is 24.8 Å². The Hall–Kier alpha value is -0.0600. The highest BCUT2D eigenvalue weighted by atomic mass is 35.5. The second-order valence-corrected chi connectivity index (χ2v) is 5.74. The molecule has 3 nitrogen and oxygen atoms in total. The SMILES string of the molecule is O=C(NCC1CC1(Cl)Cl)C1CC(F)CN1. The number of halogens is 3. The van der Waals surface area contributed by atoms with Gasteiger partial charge in [-0.05, 0) is 6.42 Å². The maximum absolute atomic E-state index is 12.8. The molecule has 0 radical (unpaired) electrons. The van der Waals surface area contributed by atoms with Crippen molar-refractivity contribution in [3.63, 3.8) is 0 Å². The molecule has 1 saturated carbocycles. The first-order valence-electron chi connectivity index (χ1n) is 5.02. The highest BCUT2D eigenvalue weighted by molar-refractivity contribution is 6.50. The van der Waals surface area contributed by atoms with Crippen LogP contribution in [0.1, 0.15) is 12.8 Å². The van der Waals surface area contributed by atoms with Crippen LogP contribution in [0.2, 0.25) is 0 Å². The van der Waals surface area contributed by atoms with Gasteiger partial charge in [-0.1, -0.05) is 0 Å². The van der Waals surface area contributed by atoms with Crippen molar-refractivity contribution < 1.29 is 9.18 Å². The second-order valence-electron chi connectivity index (χ2n) is 4.20. The zero-order valence-electron chi connectivity index (χ0n) is 8.10. The number of carbonyl (C=O) groups excluding carboxylic acids is 1. The van der Waals surface area contributed by atoms with E-state index in [9.17, 15) is 9.18 Å². The maximum Gasteiger partial charge on any atom is 0.237 e.